The molecule has 0 atom stereocenters. The second kappa shape index (κ2) is 7.44. The number of nitrogens with zero attached hydrogens (tertiary/aromatic N) is 2. The Balaban J connectivity index is 1.62. The smallest absolute Gasteiger partial charge is 0.353 e. The molecule has 5 nitrogen and oxygen atoms in total. The fourth-order valence-corrected chi connectivity index (χ4v) is 3.92. The Morgan fingerprint density at radius 3 is 2.61 bits per heavy atom. The van der Waals surface area contributed by atoms with E-state index in [-0.39, 0.29) is 5.82 Å². The maximum atomic E-state index is 13.6. The summed E-state index contributed by atoms with van der Waals surface area (Å²) in [6, 6.07) is 14.8. The third-order valence-electron chi connectivity index (χ3n) is 4.14. The van der Waals surface area contributed by atoms with E-state index in [2.05, 4.69) is 5.10 Å². The van der Waals surface area contributed by atoms with Gasteiger partial charge in [0.1, 0.15) is 27.0 Å². The summed E-state index contributed by atoms with van der Waals surface area (Å²) in [5.74, 6) is 0.366. The van der Waals surface area contributed by atoms with Gasteiger partial charge in [-0.25, -0.2) is 13.9 Å². The second-order valence-corrected chi connectivity index (χ2v) is 7.13. The number of rotatable bonds is 5. The molecule has 0 aliphatic carbocycles. The van der Waals surface area contributed by atoms with Gasteiger partial charge in [0.2, 0.25) is 0 Å². The zero-order valence-corrected chi connectivity index (χ0v) is 16.1. The molecule has 2 heterocycles. The van der Waals surface area contributed by atoms with E-state index < -0.39 is 5.97 Å². The van der Waals surface area contributed by atoms with Crippen molar-refractivity contribution in [1.29, 1.82) is 0 Å². The molecule has 7 heteroatoms. The van der Waals surface area contributed by atoms with E-state index in [0.29, 0.717) is 22.9 Å². The Morgan fingerprint density at radius 2 is 1.89 bits per heavy atom. The molecule has 4 aromatic rings. The van der Waals surface area contributed by atoms with E-state index >= 15 is 0 Å². The molecule has 0 unspecified atom stereocenters. The van der Waals surface area contributed by atoms with Crippen molar-refractivity contribution in [2.45, 2.75) is 13.8 Å². The van der Waals surface area contributed by atoms with Gasteiger partial charge in [-0.15, -0.1) is 11.3 Å². The highest BCUT2D eigenvalue weighted by Gasteiger charge is 2.19. The van der Waals surface area contributed by atoms with Crippen LogP contribution in [0.15, 0.2) is 54.6 Å². The number of hydrogen-bond acceptors (Lipinski definition) is 5. The molecule has 0 N–H and O–H groups in total. The van der Waals surface area contributed by atoms with E-state index in [1.54, 1.807) is 47.1 Å². The van der Waals surface area contributed by atoms with E-state index in [1.165, 1.54) is 23.5 Å². The van der Waals surface area contributed by atoms with E-state index in [9.17, 15) is 9.18 Å². The average molecular weight is 396 g/mol. The lowest BCUT2D eigenvalue weighted by atomic mass is 10.3. The predicted molar refractivity (Wildman–Crippen MR) is 106 cm³/mol. The summed E-state index contributed by atoms with van der Waals surface area (Å²) in [7, 11) is 0. The monoisotopic (exact) mass is 396 g/mol. The lowest BCUT2D eigenvalue weighted by Crippen LogP contribution is -2.06. The molecule has 4 rings (SSSR count). The first-order valence-corrected chi connectivity index (χ1v) is 9.57. The minimum atomic E-state index is -0.449. The first-order chi connectivity index (χ1) is 13.5. The van der Waals surface area contributed by atoms with Gasteiger partial charge in [-0.2, -0.15) is 5.10 Å². The largest absolute Gasteiger partial charge is 0.494 e. The number of carbonyl (C=O) groups excluding carboxylic acids is 1. The summed E-state index contributed by atoms with van der Waals surface area (Å²) in [5, 5.41) is 5.31. The van der Waals surface area contributed by atoms with Crippen molar-refractivity contribution in [1.82, 2.24) is 9.78 Å². The summed E-state index contributed by atoms with van der Waals surface area (Å²) in [6.07, 6.45) is 0. The van der Waals surface area contributed by atoms with Crippen molar-refractivity contribution in [2.24, 2.45) is 0 Å². The zero-order valence-electron chi connectivity index (χ0n) is 15.3. The van der Waals surface area contributed by atoms with Gasteiger partial charge >= 0.3 is 5.97 Å². The summed E-state index contributed by atoms with van der Waals surface area (Å²) >= 11 is 1.26. The molecule has 2 aromatic carbocycles. The van der Waals surface area contributed by atoms with Crippen molar-refractivity contribution < 1.29 is 18.7 Å². The SMILES string of the molecule is CCOc1ccc(OC(=O)c2cc3c(C)nn(-c4cccc(F)c4)c3s2)cc1. The number of aromatic nitrogens is 2. The fourth-order valence-electron chi connectivity index (χ4n) is 2.86. The summed E-state index contributed by atoms with van der Waals surface area (Å²) in [4.78, 5) is 13.8. The van der Waals surface area contributed by atoms with Crippen molar-refractivity contribution in [3.63, 3.8) is 0 Å². The topological polar surface area (TPSA) is 53.4 Å². The average Bonchev–Trinajstić information content (AvgIpc) is 3.24. The molecule has 0 saturated carbocycles. The molecule has 0 bridgehead atoms. The van der Waals surface area contributed by atoms with Crippen LogP contribution < -0.4 is 9.47 Å². The van der Waals surface area contributed by atoms with Crippen LogP contribution in [0.4, 0.5) is 4.39 Å². The highest BCUT2D eigenvalue weighted by Crippen LogP contribution is 2.31. The van der Waals surface area contributed by atoms with E-state index in [0.717, 1.165) is 21.7 Å². The Hall–Kier alpha value is -3.19. The predicted octanol–water partition coefficient (Wildman–Crippen LogP) is 5.15. The fraction of sp³-hybridized carbons (Fsp3) is 0.143. The Bertz CT molecular complexity index is 1150. The van der Waals surface area contributed by atoms with Crippen LogP contribution in [0.1, 0.15) is 22.3 Å². The van der Waals surface area contributed by atoms with Gasteiger partial charge < -0.3 is 9.47 Å². The van der Waals surface area contributed by atoms with Gasteiger partial charge in [0.25, 0.3) is 0 Å². The number of halogens is 1. The number of fused-ring (bicyclic) bond motifs is 1. The number of ether oxygens (including phenoxy) is 2. The summed E-state index contributed by atoms with van der Waals surface area (Å²) in [6.45, 7) is 4.33. The molecule has 28 heavy (non-hydrogen) atoms. The Kier molecular flexibility index (Phi) is 4.83. The van der Waals surface area contributed by atoms with Crippen molar-refractivity contribution in [2.75, 3.05) is 6.61 Å². The summed E-state index contributed by atoms with van der Waals surface area (Å²) in [5.41, 5.74) is 1.36. The van der Waals surface area contributed by atoms with Crippen LogP contribution in [0.5, 0.6) is 11.5 Å². The molecule has 0 radical (unpaired) electrons. The highest BCUT2D eigenvalue weighted by molar-refractivity contribution is 7.20. The lowest BCUT2D eigenvalue weighted by molar-refractivity contribution is 0.0739. The number of hydrogen-bond donors (Lipinski definition) is 0. The Morgan fingerprint density at radius 1 is 1.14 bits per heavy atom. The number of esters is 1. The molecule has 2 aromatic heterocycles. The van der Waals surface area contributed by atoms with Gasteiger partial charge in [0, 0.05) is 5.39 Å². The van der Waals surface area contributed by atoms with E-state index in [4.69, 9.17) is 9.47 Å². The third-order valence-corrected chi connectivity index (χ3v) is 5.23. The lowest BCUT2D eigenvalue weighted by Gasteiger charge is -2.05. The molecule has 0 fully saturated rings. The molecule has 142 valence electrons. The molecule has 0 amide bonds. The van der Waals surface area contributed by atoms with Crippen LogP contribution in [0.3, 0.4) is 0 Å². The zero-order chi connectivity index (χ0) is 19.7. The van der Waals surface area contributed by atoms with Gasteiger partial charge in [-0.05, 0) is 62.4 Å². The minimum absolute atomic E-state index is 0.342. The molecule has 0 spiro atoms. The second-order valence-electron chi connectivity index (χ2n) is 6.10. The van der Waals surface area contributed by atoms with Crippen molar-refractivity contribution in [3.8, 4) is 17.2 Å². The first-order valence-electron chi connectivity index (χ1n) is 8.75. The number of benzene rings is 2. The van der Waals surface area contributed by atoms with Gasteiger partial charge in [0.05, 0.1) is 18.0 Å². The molecule has 0 saturated heterocycles. The number of aryl methyl sites for hydroxylation is 1. The van der Waals surface area contributed by atoms with Gasteiger partial charge in [-0.1, -0.05) is 6.07 Å². The van der Waals surface area contributed by atoms with Crippen LogP contribution in [0, 0.1) is 12.7 Å². The molecular weight excluding hydrogens is 379 g/mol. The third kappa shape index (κ3) is 3.48. The maximum absolute atomic E-state index is 13.6. The van der Waals surface area contributed by atoms with Crippen LogP contribution in [0.25, 0.3) is 15.9 Å². The number of thiophene rings is 1. The minimum Gasteiger partial charge on any atom is -0.494 e. The van der Waals surface area contributed by atoms with Crippen molar-refractivity contribution in [3.05, 3.63) is 71.0 Å². The maximum Gasteiger partial charge on any atom is 0.353 e. The molecule has 0 aliphatic heterocycles. The van der Waals surface area contributed by atoms with Crippen LogP contribution >= 0.6 is 11.3 Å². The normalized spacial score (nSPS) is 11.0. The van der Waals surface area contributed by atoms with Crippen molar-refractivity contribution >= 4 is 27.5 Å². The quantitative estimate of drug-likeness (QED) is 0.346. The Labute approximate surface area is 164 Å². The van der Waals surface area contributed by atoms with E-state index in [1.807, 2.05) is 13.8 Å². The summed E-state index contributed by atoms with van der Waals surface area (Å²) < 4.78 is 26.1. The molecule has 0 aliphatic rings. The van der Waals surface area contributed by atoms with Crippen LogP contribution in [-0.2, 0) is 0 Å². The highest BCUT2D eigenvalue weighted by atomic mass is 32.1. The van der Waals surface area contributed by atoms with Crippen LogP contribution in [-0.4, -0.2) is 22.4 Å². The van der Waals surface area contributed by atoms with Gasteiger partial charge in [0.15, 0.2) is 0 Å². The first kappa shape index (κ1) is 18.2. The standard InChI is InChI=1S/C21H17FN2O3S/c1-3-26-16-7-9-17(10-8-16)27-21(25)19-12-18-13(2)23-24(20(18)28-19)15-6-4-5-14(22)11-15/h4-12H,3H2,1-2H3. The van der Waals surface area contributed by atoms with Crippen LogP contribution in [0.2, 0.25) is 0 Å². The number of carbonyl (C=O) groups is 1. The van der Waals surface area contributed by atoms with Gasteiger partial charge in [-0.3, -0.25) is 0 Å². The molecular formula is C21H17FN2O3S.